The van der Waals surface area contributed by atoms with Gasteiger partial charge in [0.25, 0.3) is 11.8 Å². The summed E-state index contributed by atoms with van der Waals surface area (Å²) in [5.74, 6) is -6.22. The van der Waals surface area contributed by atoms with Crippen LogP contribution in [0.1, 0.15) is 24.3 Å². The van der Waals surface area contributed by atoms with E-state index in [0.717, 1.165) is 17.0 Å². The topological polar surface area (TPSA) is 121 Å². The van der Waals surface area contributed by atoms with Gasteiger partial charge in [0.05, 0.1) is 23.2 Å². The number of alkyl halides is 2. The minimum Gasteiger partial charge on any atom is -0.508 e. The van der Waals surface area contributed by atoms with Gasteiger partial charge in [0.15, 0.2) is 15.3 Å². The summed E-state index contributed by atoms with van der Waals surface area (Å²) in [6.45, 7) is 0. The maximum atomic E-state index is 14.4. The highest BCUT2D eigenvalue weighted by atomic mass is 35.5. The fourth-order valence-electron chi connectivity index (χ4n) is 8.48. The monoisotopic (exact) mass is 721 g/mol. The highest BCUT2D eigenvalue weighted by Gasteiger charge is 2.76. The van der Waals surface area contributed by atoms with Gasteiger partial charge >= 0.3 is 0 Å². The summed E-state index contributed by atoms with van der Waals surface area (Å²) >= 11 is 14.8. The van der Waals surface area contributed by atoms with E-state index in [4.69, 9.17) is 27.6 Å². The molecule has 12 heteroatoms. The average molecular weight is 723 g/mol. The SMILES string of the molecule is O=C1[C@H]2[C@H](CC=C3[C@H]2C[C@@]2(Cl)C(=O)N(c4ccc(F)cc4)C(=O)[C@@]2(Cl)[C@H]3c2cccc(O)c2)C(=O)N1c1ccc(-c2nc3ccccc3o2)cc1. The Bertz CT molecular complexity index is 2330. The number of anilines is 2. The first-order valence-corrected chi connectivity index (χ1v) is 17.1. The van der Waals surface area contributed by atoms with Crippen LogP contribution in [-0.2, 0) is 19.2 Å². The first kappa shape index (κ1) is 31.6. The van der Waals surface area contributed by atoms with Crippen LogP contribution >= 0.6 is 23.2 Å². The second-order valence-corrected chi connectivity index (χ2v) is 14.6. The van der Waals surface area contributed by atoms with Crippen LogP contribution in [0.5, 0.6) is 5.75 Å². The van der Waals surface area contributed by atoms with Crippen molar-refractivity contribution in [3.05, 3.63) is 120 Å². The fraction of sp³-hybridized carbons (Fsp3) is 0.205. The number of aromatic nitrogens is 1. The number of benzene rings is 4. The summed E-state index contributed by atoms with van der Waals surface area (Å²) in [6.07, 6.45) is 1.79. The number of hydrogen-bond acceptors (Lipinski definition) is 7. The molecule has 0 bridgehead atoms. The van der Waals surface area contributed by atoms with Crippen molar-refractivity contribution in [2.24, 2.45) is 17.8 Å². The molecule has 2 aliphatic carbocycles. The molecule has 0 unspecified atom stereocenters. The molecule has 1 aromatic heterocycles. The van der Waals surface area contributed by atoms with E-state index in [9.17, 15) is 28.7 Å². The molecule has 9 nitrogen and oxygen atoms in total. The molecule has 4 amide bonds. The van der Waals surface area contributed by atoms with E-state index < -0.39 is 62.9 Å². The van der Waals surface area contributed by atoms with Gasteiger partial charge in [-0.1, -0.05) is 35.9 Å². The number of fused-ring (bicyclic) bond motifs is 5. The van der Waals surface area contributed by atoms with Gasteiger partial charge in [-0.15, -0.1) is 23.2 Å². The van der Waals surface area contributed by atoms with Crippen molar-refractivity contribution < 1.29 is 33.1 Å². The lowest BCUT2D eigenvalue weighted by Gasteiger charge is -2.50. The minimum absolute atomic E-state index is 0.0879. The predicted octanol–water partition coefficient (Wildman–Crippen LogP) is 7.11. The molecule has 4 aromatic carbocycles. The Balaban J connectivity index is 1.11. The number of carbonyl (C=O) groups excluding carboxylic acids is 4. The van der Waals surface area contributed by atoms with Crippen LogP contribution in [0.2, 0.25) is 0 Å². The number of aromatic hydroxyl groups is 1. The van der Waals surface area contributed by atoms with Crippen molar-refractivity contribution in [1.29, 1.82) is 0 Å². The normalized spacial score (nSPS) is 28.6. The molecule has 1 N–H and O–H groups in total. The number of rotatable bonds is 4. The number of oxazole rings is 1. The van der Waals surface area contributed by atoms with Gasteiger partial charge in [-0.3, -0.25) is 24.1 Å². The van der Waals surface area contributed by atoms with Crippen molar-refractivity contribution in [1.82, 2.24) is 4.98 Å². The van der Waals surface area contributed by atoms with E-state index in [1.165, 1.54) is 29.2 Å². The lowest BCUT2D eigenvalue weighted by Crippen LogP contribution is -2.60. The zero-order valence-corrected chi connectivity index (χ0v) is 28.0. The number of imide groups is 2. The van der Waals surface area contributed by atoms with Gasteiger partial charge in [-0.05, 0) is 97.1 Å². The van der Waals surface area contributed by atoms with E-state index in [-0.39, 0.29) is 24.3 Å². The molecule has 0 radical (unpaired) electrons. The summed E-state index contributed by atoms with van der Waals surface area (Å²) in [5, 5.41) is 10.5. The third kappa shape index (κ3) is 4.36. The van der Waals surface area contributed by atoms with Gasteiger partial charge in [-0.25, -0.2) is 14.3 Å². The number of allylic oxidation sites excluding steroid dienone is 2. The maximum absolute atomic E-state index is 14.4. The van der Waals surface area contributed by atoms with Gasteiger partial charge in [0.2, 0.25) is 17.7 Å². The van der Waals surface area contributed by atoms with Crippen molar-refractivity contribution in [2.75, 3.05) is 9.80 Å². The summed E-state index contributed by atoms with van der Waals surface area (Å²) in [6, 6.07) is 25.2. The van der Waals surface area contributed by atoms with Crippen LogP contribution in [-0.4, -0.2) is 43.5 Å². The zero-order chi connectivity index (χ0) is 35.4. The Hall–Kier alpha value is -5.32. The molecule has 6 atom stereocenters. The van der Waals surface area contributed by atoms with Crippen molar-refractivity contribution in [3.63, 3.8) is 0 Å². The van der Waals surface area contributed by atoms with E-state index >= 15 is 0 Å². The minimum atomic E-state index is -2.09. The predicted molar refractivity (Wildman–Crippen MR) is 187 cm³/mol. The molecule has 51 heavy (non-hydrogen) atoms. The molecule has 1 saturated carbocycles. The summed E-state index contributed by atoms with van der Waals surface area (Å²) in [4.78, 5) is 59.7. The van der Waals surface area contributed by atoms with Crippen molar-refractivity contribution in [3.8, 4) is 17.2 Å². The molecular weight excluding hydrogens is 696 g/mol. The van der Waals surface area contributed by atoms with Gasteiger partial charge in [0, 0.05) is 11.5 Å². The Labute approximate surface area is 299 Å². The van der Waals surface area contributed by atoms with Crippen LogP contribution in [0, 0.1) is 23.6 Å². The number of phenolic OH excluding ortho intramolecular Hbond substituents is 1. The number of halogens is 3. The number of para-hydroxylation sites is 2. The van der Waals surface area contributed by atoms with Crippen LogP contribution in [0.4, 0.5) is 15.8 Å². The molecule has 0 spiro atoms. The Morgan fingerprint density at radius 1 is 0.804 bits per heavy atom. The summed E-state index contributed by atoms with van der Waals surface area (Å²) < 4.78 is 19.8. The highest BCUT2D eigenvalue weighted by Crippen LogP contribution is 2.66. The molecule has 5 aromatic rings. The van der Waals surface area contributed by atoms with Crippen LogP contribution in [0.3, 0.4) is 0 Å². The van der Waals surface area contributed by atoms with Gasteiger partial charge in [-0.2, -0.15) is 0 Å². The Kier molecular flexibility index (Phi) is 6.88. The quantitative estimate of drug-likeness (QED) is 0.119. The smallest absolute Gasteiger partial charge is 0.258 e. The fourth-order valence-corrected chi connectivity index (χ4v) is 9.42. The van der Waals surface area contributed by atoms with E-state index in [1.54, 1.807) is 36.4 Å². The first-order chi connectivity index (χ1) is 24.5. The Morgan fingerprint density at radius 2 is 1.51 bits per heavy atom. The van der Waals surface area contributed by atoms with Crippen LogP contribution in [0.25, 0.3) is 22.6 Å². The van der Waals surface area contributed by atoms with E-state index in [2.05, 4.69) is 4.98 Å². The molecule has 4 aliphatic rings. The number of carbonyl (C=O) groups is 4. The summed E-state index contributed by atoms with van der Waals surface area (Å²) in [7, 11) is 0. The molecule has 2 saturated heterocycles. The third-order valence-corrected chi connectivity index (χ3v) is 12.2. The standard InChI is InChI=1S/C39H26Cl2FN3O6/c40-38-19-28-26(32(21-4-3-5-25(46)18-21)39(38,41)37(50)45(36(38)49)24-14-10-22(42)11-15-24)16-17-27-31(28)35(48)44(34(27)47)23-12-8-20(9-13-23)33-43-29-6-1-2-7-30(29)51-33/h1-16,18,27-28,31-32,46H,17,19H2/t27-,28+,31-,32-,38+,39-/m0/s1. The van der Waals surface area contributed by atoms with Gasteiger partial charge in [0.1, 0.15) is 17.1 Å². The lowest BCUT2D eigenvalue weighted by atomic mass is 9.56. The number of phenols is 1. The van der Waals surface area contributed by atoms with E-state index in [0.29, 0.717) is 39.4 Å². The molecule has 9 rings (SSSR count). The first-order valence-electron chi connectivity index (χ1n) is 16.4. The molecule has 3 fully saturated rings. The molecule has 254 valence electrons. The van der Waals surface area contributed by atoms with Crippen molar-refractivity contribution in [2.45, 2.75) is 28.5 Å². The van der Waals surface area contributed by atoms with Crippen LogP contribution < -0.4 is 9.80 Å². The van der Waals surface area contributed by atoms with Crippen molar-refractivity contribution >= 4 is 69.3 Å². The third-order valence-electron chi connectivity index (χ3n) is 10.8. The molecule has 2 aliphatic heterocycles. The van der Waals surface area contributed by atoms with Crippen LogP contribution in [0.15, 0.2) is 113 Å². The number of nitrogens with zero attached hydrogens (tertiary/aromatic N) is 3. The zero-order valence-electron chi connectivity index (χ0n) is 26.5. The van der Waals surface area contributed by atoms with Gasteiger partial charge < -0.3 is 9.52 Å². The second-order valence-electron chi connectivity index (χ2n) is 13.4. The summed E-state index contributed by atoms with van der Waals surface area (Å²) in [5.41, 5.74) is 3.44. The highest BCUT2D eigenvalue weighted by molar-refractivity contribution is 6.58. The van der Waals surface area contributed by atoms with E-state index in [1.807, 2.05) is 30.3 Å². The average Bonchev–Trinajstić information content (AvgIpc) is 3.72. The number of amides is 4. The molecule has 3 heterocycles. The lowest BCUT2D eigenvalue weighted by molar-refractivity contribution is -0.125. The Morgan fingerprint density at radius 3 is 2.24 bits per heavy atom. The molecular formula is C39H26Cl2FN3O6. The second kappa shape index (κ2) is 11.1. The maximum Gasteiger partial charge on any atom is 0.258 e. The largest absolute Gasteiger partial charge is 0.508 e. The number of hydrogen-bond donors (Lipinski definition) is 1.